The average molecular weight is 186 g/mol. The second kappa shape index (κ2) is 4.01. The van der Waals surface area contributed by atoms with Gasteiger partial charge >= 0.3 is 0 Å². The van der Waals surface area contributed by atoms with Crippen molar-refractivity contribution in [2.45, 2.75) is 13.3 Å². The van der Waals surface area contributed by atoms with Crippen molar-refractivity contribution < 1.29 is 9.35 Å². The Kier molecular flexibility index (Phi) is 2.54. The number of nitrogens with zero attached hydrogens (tertiary/aromatic N) is 2. The number of hydrogen-bond acceptors (Lipinski definition) is 0. The van der Waals surface area contributed by atoms with Crippen LogP contribution in [0, 0.1) is 0 Å². The largest absolute Gasteiger partial charge is 0.253 e. The summed E-state index contributed by atoms with van der Waals surface area (Å²) < 4.78 is 4.21. The quantitative estimate of drug-likeness (QED) is 0.621. The van der Waals surface area contributed by atoms with E-state index in [1.807, 2.05) is 36.7 Å². The van der Waals surface area contributed by atoms with E-state index in [4.69, 9.17) is 0 Å². The highest BCUT2D eigenvalue weighted by Crippen LogP contribution is 1.89. The lowest BCUT2D eigenvalue weighted by Gasteiger charge is -1.92. The zero-order valence-electron chi connectivity index (χ0n) is 8.30. The summed E-state index contributed by atoms with van der Waals surface area (Å²) in [7, 11) is 0. The van der Waals surface area contributed by atoms with Crippen molar-refractivity contribution in [3.8, 4) is 0 Å². The van der Waals surface area contributed by atoms with Crippen molar-refractivity contribution in [2.75, 3.05) is 0 Å². The van der Waals surface area contributed by atoms with Gasteiger partial charge in [0.05, 0.1) is 9.35 Å². The maximum absolute atomic E-state index is 2.16. The fourth-order valence-corrected chi connectivity index (χ4v) is 1.51. The van der Waals surface area contributed by atoms with Crippen molar-refractivity contribution in [3.63, 3.8) is 0 Å². The molecule has 14 heavy (non-hydrogen) atoms. The molecule has 2 heterocycles. The van der Waals surface area contributed by atoms with E-state index >= 15 is 0 Å². The lowest BCUT2D eigenvalue weighted by Crippen LogP contribution is -2.67. The van der Waals surface area contributed by atoms with E-state index in [0.717, 1.165) is 6.42 Å². The van der Waals surface area contributed by atoms with Gasteiger partial charge in [0.15, 0.2) is 0 Å². The van der Waals surface area contributed by atoms with Crippen molar-refractivity contribution >= 4 is 0 Å². The fourth-order valence-electron chi connectivity index (χ4n) is 1.51. The Bertz CT molecular complexity index is 410. The molecule has 0 aliphatic rings. The minimum Gasteiger partial charge on any atom is -0.0552 e. The monoisotopic (exact) mass is 186 g/mol. The molecule has 0 N–H and O–H groups in total. The molecule has 0 aliphatic carbocycles. The number of rotatable bonds is 2. The van der Waals surface area contributed by atoms with Crippen LogP contribution in [0.2, 0.25) is 0 Å². The molecule has 0 radical (unpaired) electrons. The third kappa shape index (κ3) is 1.64. The molecule has 0 saturated carbocycles. The molecule has 0 saturated heterocycles. The van der Waals surface area contributed by atoms with Crippen LogP contribution >= 0.6 is 0 Å². The van der Waals surface area contributed by atoms with Gasteiger partial charge in [0.25, 0.3) is 5.69 Å². The van der Waals surface area contributed by atoms with E-state index in [2.05, 4.69) is 34.6 Å². The van der Waals surface area contributed by atoms with Crippen LogP contribution in [0.4, 0.5) is 0 Å². The average Bonchev–Trinajstić information content (AvgIpc) is 2.30. The second-order valence-corrected chi connectivity index (χ2v) is 3.15. The summed E-state index contributed by atoms with van der Waals surface area (Å²) in [6.07, 6.45) is 7.18. The Hall–Kier alpha value is -1.70. The summed E-state index contributed by atoms with van der Waals surface area (Å²) in [4.78, 5) is 0. The first-order valence-electron chi connectivity index (χ1n) is 4.88. The SMILES string of the molecule is CCc1cccc[n+]1-[n+]1ccccc1. The van der Waals surface area contributed by atoms with Gasteiger partial charge in [-0.1, -0.05) is 6.92 Å². The molecular weight excluding hydrogens is 172 g/mol. The van der Waals surface area contributed by atoms with E-state index < -0.39 is 0 Å². The van der Waals surface area contributed by atoms with Gasteiger partial charge in [-0.05, 0) is 12.1 Å². The van der Waals surface area contributed by atoms with Gasteiger partial charge in [-0.15, -0.1) is 0 Å². The lowest BCUT2D eigenvalue weighted by molar-refractivity contribution is -1.30. The van der Waals surface area contributed by atoms with Crippen LogP contribution < -0.4 is 9.35 Å². The molecule has 2 aromatic heterocycles. The van der Waals surface area contributed by atoms with Crippen LogP contribution in [0.25, 0.3) is 0 Å². The minimum absolute atomic E-state index is 1.03. The van der Waals surface area contributed by atoms with Gasteiger partial charge in [0, 0.05) is 30.7 Å². The first-order chi connectivity index (χ1) is 6.92. The zero-order chi connectivity index (χ0) is 9.80. The highest BCUT2D eigenvalue weighted by atomic mass is 15.4. The summed E-state index contributed by atoms with van der Waals surface area (Å²) >= 11 is 0. The van der Waals surface area contributed by atoms with Gasteiger partial charge < -0.3 is 0 Å². The summed E-state index contributed by atoms with van der Waals surface area (Å²) in [6.45, 7) is 2.16. The molecule has 0 aromatic carbocycles. The number of aryl methyl sites for hydroxylation is 1. The van der Waals surface area contributed by atoms with Crippen molar-refractivity contribution in [2.24, 2.45) is 0 Å². The third-order valence-electron chi connectivity index (χ3n) is 2.23. The summed E-state index contributed by atoms with van der Waals surface area (Å²) in [5.41, 5.74) is 1.30. The van der Waals surface area contributed by atoms with Crippen molar-refractivity contribution in [1.29, 1.82) is 0 Å². The molecule has 0 bridgehead atoms. The molecule has 0 unspecified atom stereocenters. The maximum Gasteiger partial charge on any atom is 0.253 e. The van der Waals surface area contributed by atoms with Crippen LogP contribution in [0.15, 0.2) is 55.0 Å². The normalized spacial score (nSPS) is 10.1. The molecule has 0 aliphatic heterocycles. The zero-order valence-corrected chi connectivity index (χ0v) is 8.30. The van der Waals surface area contributed by atoms with Crippen LogP contribution in [0.3, 0.4) is 0 Å². The molecule has 70 valence electrons. The van der Waals surface area contributed by atoms with Gasteiger partial charge in [0.2, 0.25) is 18.6 Å². The van der Waals surface area contributed by atoms with Crippen molar-refractivity contribution in [1.82, 2.24) is 0 Å². The Morgan fingerprint density at radius 3 is 2.36 bits per heavy atom. The highest BCUT2D eigenvalue weighted by molar-refractivity contribution is 4.96. The molecule has 0 fully saturated rings. The topological polar surface area (TPSA) is 7.76 Å². The van der Waals surface area contributed by atoms with Gasteiger partial charge in [0.1, 0.15) is 0 Å². The summed E-state index contributed by atoms with van der Waals surface area (Å²) in [5.74, 6) is 0. The first kappa shape index (κ1) is 8.88. The van der Waals surface area contributed by atoms with Crippen LogP contribution in [0.5, 0.6) is 0 Å². The Morgan fingerprint density at radius 1 is 0.929 bits per heavy atom. The molecule has 2 nitrogen and oxygen atoms in total. The van der Waals surface area contributed by atoms with E-state index in [1.165, 1.54) is 5.69 Å². The standard InChI is InChI=1S/C12H14N2/c1-2-12-8-4-7-11-14(12)13-9-5-3-6-10-13/h3-11H,2H2,1H3/q+2. The number of hydrogen-bond donors (Lipinski definition) is 0. The first-order valence-corrected chi connectivity index (χ1v) is 4.88. The number of pyridine rings is 2. The van der Waals surface area contributed by atoms with Crippen LogP contribution in [-0.2, 0) is 6.42 Å². The van der Waals surface area contributed by atoms with Gasteiger partial charge in [-0.25, -0.2) is 0 Å². The third-order valence-corrected chi connectivity index (χ3v) is 2.23. The number of aromatic nitrogens is 2. The molecular formula is C12H14N2+2. The molecule has 0 spiro atoms. The van der Waals surface area contributed by atoms with Crippen LogP contribution in [0.1, 0.15) is 12.6 Å². The molecule has 2 aromatic rings. The highest BCUT2D eigenvalue weighted by Gasteiger charge is 2.15. The predicted molar refractivity (Wildman–Crippen MR) is 53.4 cm³/mol. The Labute approximate surface area is 84.0 Å². The lowest BCUT2D eigenvalue weighted by atomic mass is 10.3. The minimum atomic E-state index is 1.03. The molecule has 0 amide bonds. The van der Waals surface area contributed by atoms with E-state index in [-0.39, 0.29) is 0 Å². The Morgan fingerprint density at radius 2 is 1.64 bits per heavy atom. The van der Waals surface area contributed by atoms with E-state index in [1.54, 1.807) is 0 Å². The maximum atomic E-state index is 2.16. The van der Waals surface area contributed by atoms with E-state index in [9.17, 15) is 0 Å². The van der Waals surface area contributed by atoms with Crippen LogP contribution in [-0.4, -0.2) is 0 Å². The second-order valence-electron chi connectivity index (χ2n) is 3.15. The summed E-state index contributed by atoms with van der Waals surface area (Å²) in [5, 5.41) is 0. The van der Waals surface area contributed by atoms with Crippen molar-refractivity contribution in [3.05, 3.63) is 60.7 Å². The predicted octanol–water partition coefficient (Wildman–Crippen LogP) is 1.14. The Balaban J connectivity index is 2.51. The van der Waals surface area contributed by atoms with Gasteiger partial charge in [-0.3, -0.25) is 0 Å². The molecule has 2 rings (SSSR count). The summed E-state index contributed by atoms with van der Waals surface area (Å²) in [6, 6.07) is 12.3. The van der Waals surface area contributed by atoms with Gasteiger partial charge in [-0.2, -0.15) is 0 Å². The fraction of sp³-hybridized carbons (Fsp3) is 0.167. The molecule has 2 heteroatoms. The van der Waals surface area contributed by atoms with E-state index in [0.29, 0.717) is 0 Å². The smallest absolute Gasteiger partial charge is 0.0552 e. The molecule has 0 atom stereocenters.